The number of nitrogens with zero attached hydrogens (tertiary/aromatic N) is 1. The molecule has 0 aliphatic rings. The Morgan fingerprint density at radius 3 is 2.03 bits per heavy atom. The topological polar surface area (TPSA) is 14.2 Å². The Morgan fingerprint density at radius 1 is 0.657 bits per heavy atom. The van der Waals surface area contributed by atoms with Crippen LogP contribution < -0.4 is 4.74 Å². The molecule has 0 aliphatic heterocycles. The number of rotatable bonds is 13. The highest BCUT2D eigenvalue weighted by molar-refractivity contribution is 5.67. The third-order valence-electron chi connectivity index (χ3n) is 6.86. The summed E-state index contributed by atoms with van der Waals surface area (Å²) < 4.78 is 8.33. The van der Waals surface area contributed by atoms with Crippen LogP contribution in [0.4, 0.5) is 0 Å². The van der Waals surface area contributed by atoms with Gasteiger partial charge in [0.1, 0.15) is 12.4 Å². The minimum Gasteiger partial charge on any atom is -0.489 e. The predicted molar refractivity (Wildman–Crippen MR) is 148 cm³/mol. The summed E-state index contributed by atoms with van der Waals surface area (Å²) >= 11 is 0. The van der Waals surface area contributed by atoms with E-state index in [0.29, 0.717) is 6.61 Å². The van der Waals surface area contributed by atoms with Crippen LogP contribution in [0.15, 0.2) is 91.1 Å². The first kappa shape index (κ1) is 24.9. The third-order valence-corrected chi connectivity index (χ3v) is 6.86. The third kappa shape index (κ3) is 7.36. The van der Waals surface area contributed by atoms with Gasteiger partial charge in [0.25, 0.3) is 0 Å². The van der Waals surface area contributed by atoms with E-state index in [1.807, 2.05) is 18.2 Å². The standard InChI is InChI=1S/C33H39NO/c1-3-4-5-7-11-28-15-17-29(18-16-28)14-10-24-34-25-23-33(27(34)2)31-19-21-32(22-20-31)35-26-30-12-8-6-9-13-30/h6,8-9,12-13,15-23,25H,3-5,7,10-11,14,24,26H2,1-2H3. The number of aryl methyl sites for hydroxylation is 3. The molecule has 0 N–H and O–H groups in total. The van der Waals surface area contributed by atoms with Crippen molar-refractivity contribution in [1.29, 1.82) is 0 Å². The second kappa shape index (κ2) is 13.0. The maximum Gasteiger partial charge on any atom is 0.119 e. The second-order valence-corrected chi connectivity index (χ2v) is 9.54. The summed E-state index contributed by atoms with van der Waals surface area (Å²) in [5, 5.41) is 0. The molecule has 4 rings (SSSR count). The normalized spacial score (nSPS) is 11.0. The van der Waals surface area contributed by atoms with Gasteiger partial charge in [-0.3, -0.25) is 0 Å². The molecule has 1 heterocycles. The van der Waals surface area contributed by atoms with Crippen LogP contribution in [0.2, 0.25) is 0 Å². The number of aromatic nitrogens is 1. The van der Waals surface area contributed by atoms with E-state index in [-0.39, 0.29) is 0 Å². The molecule has 182 valence electrons. The van der Waals surface area contributed by atoms with Crippen LogP contribution in [-0.2, 0) is 26.0 Å². The van der Waals surface area contributed by atoms with E-state index in [9.17, 15) is 0 Å². The molecule has 0 spiro atoms. The lowest BCUT2D eigenvalue weighted by atomic mass is 10.0. The van der Waals surface area contributed by atoms with Gasteiger partial charge in [0.2, 0.25) is 0 Å². The van der Waals surface area contributed by atoms with Gasteiger partial charge in [-0.15, -0.1) is 0 Å². The zero-order valence-electron chi connectivity index (χ0n) is 21.4. The molecule has 0 radical (unpaired) electrons. The van der Waals surface area contributed by atoms with Gasteiger partial charge in [0, 0.05) is 24.0 Å². The van der Waals surface area contributed by atoms with Crippen molar-refractivity contribution in [2.24, 2.45) is 0 Å². The van der Waals surface area contributed by atoms with E-state index in [1.165, 1.54) is 65.6 Å². The lowest BCUT2D eigenvalue weighted by Gasteiger charge is -2.10. The zero-order chi connectivity index (χ0) is 24.3. The van der Waals surface area contributed by atoms with Gasteiger partial charge in [-0.2, -0.15) is 0 Å². The second-order valence-electron chi connectivity index (χ2n) is 9.54. The molecule has 0 unspecified atom stereocenters. The minimum atomic E-state index is 0.595. The molecule has 0 saturated carbocycles. The highest BCUT2D eigenvalue weighted by Crippen LogP contribution is 2.27. The summed E-state index contributed by atoms with van der Waals surface area (Å²) in [7, 11) is 0. The summed E-state index contributed by atoms with van der Waals surface area (Å²) in [5.74, 6) is 0.904. The largest absolute Gasteiger partial charge is 0.489 e. The number of hydrogen-bond donors (Lipinski definition) is 0. The number of unbranched alkanes of at least 4 members (excludes halogenated alkanes) is 3. The number of ether oxygens (including phenoxy) is 1. The molecule has 0 amide bonds. The van der Waals surface area contributed by atoms with Crippen molar-refractivity contribution in [2.45, 2.75) is 71.9 Å². The summed E-state index contributed by atoms with van der Waals surface area (Å²) in [6.07, 6.45) is 11.0. The molecular formula is C33H39NO. The first-order chi connectivity index (χ1) is 17.2. The van der Waals surface area contributed by atoms with Crippen LogP contribution in [0.3, 0.4) is 0 Å². The SMILES string of the molecule is CCCCCCc1ccc(CCCn2ccc(-c3ccc(OCc4ccccc4)cc3)c2C)cc1. The Labute approximate surface area is 211 Å². The number of hydrogen-bond acceptors (Lipinski definition) is 1. The number of benzene rings is 3. The van der Waals surface area contributed by atoms with Crippen molar-refractivity contribution in [2.75, 3.05) is 0 Å². The highest BCUT2D eigenvalue weighted by atomic mass is 16.5. The van der Waals surface area contributed by atoms with Crippen LogP contribution >= 0.6 is 0 Å². The van der Waals surface area contributed by atoms with E-state index < -0.39 is 0 Å². The maximum absolute atomic E-state index is 5.94. The molecule has 0 bridgehead atoms. The minimum absolute atomic E-state index is 0.595. The predicted octanol–water partition coefficient (Wildman–Crippen LogP) is 8.80. The summed E-state index contributed by atoms with van der Waals surface area (Å²) in [6.45, 7) is 6.13. The molecule has 35 heavy (non-hydrogen) atoms. The van der Waals surface area contributed by atoms with E-state index >= 15 is 0 Å². The van der Waals surface area contributed by atoms with Gasteiger partial charge in [-0.05, 0) is 73.1 Å². The van der Waals surface area contributed by atoms with Gasteiger partial charge in [-0.1, -0.05) is 92.9 Å². The van der Waals surface area contributed by atoms with Crippen molar-refractivity contribution in [3.05, 3.63) is 114 Å². The Hall–Kier alpha value is -3.26. The average Bonchev–Trinajstić information content (AvgIpc) is 3.27. The van der Waals surface area contributed by atoms with Crippen LogP contribution in [0.1, 0.15) is 61.4 Å². The fourth-order valence-corrected chi connectivity index (χ4v) is 4.65. The Kier molecular flexibility index (Phi) is 9.23. The molecule has 0 aliphatic carbocycles. The Balaban J connectivity index is 1.25. The molecule has 4 aromatic rings. The van der Waals surface area contributed by atoms with E-state index in [0.717, 1.165) is 25.1 Å². The van der Waals surface area contributed by atoms with Gasteiger partial charge in [-0.25, -0.2) is 0 Å². The molecule has 0 saturated heterocycles. The highest BCUT2D eigenvalue weighted by Gasteiger charge is 2.08. The summed E-state index contributed by atoms with van der Waals surface area (Å²) in [5.41, 5.74) is 7.97. The van der Waals surface area contributed by atoms with Crippen LogP contribution in [0, 0.1) is 6.92 Å². The smallest absolute Gasteiger partial charge is 0.119 e. The molecule has 3 aromatic carbocycles. The van der Waals surface area contributed by atoms with Crippen LogP contribution in [0.5, 0.6) is 5.75 Å². The molecule has 2 nitrogen and oxygen atoms in total. The van der Waals surface area contributed by atoms with Crippen molar-refractivity contribution in [1.82, 2.24) is 4.57 Å². The van der Waals surface area contributed by atoms with Gasteiger partial charge < -0.3 is 9.30 Å². The van der Waals surface area contributed by atoms with Crippen molar-refractivity contribution >= 4 is 0 Å². The lowest BCUT2D eigenvalue weighted by Crippen LogP contribution is -2.01. The molecule has 0 atom stereocenters. The average molecular weight is 466 g/mol. The Bertz CT molecular complexity index is 1140. The molecule has 2 heteroatoms. The summed E-state index contributed by atoms with van der Waals surface area (Å²) in [4.78, 5) is 0. The van der Waals surface area contributed by atoms with Gasteiger partial charge in [0.15, 0.2) is 0 Å². The van der Waals surface area contributed by atoms with Crippen molar-refractivity contribution < 1.29 is 4.74 Å². The lowest BCUT2D eigenvalue weighted by molar-refractivity contribution is 0.306. The summed E-state index contributed by atoms with van der Waals surface area (Å²) in [6, 6.07) is 30.3. The van der Waals surface area contributed by atoms with E-state index in [2.05, 4.69) is 91.3 Å². The fourth-order valence-electron chi connectivity index (χ4n) is 4.65. The first-order valence-electron chi connectivity index (χ1n) is 13.2. The quantitative estimate of drug-likeness (QED) is 0.180. The van der Waals surface area contributed by atoms with Gasteiger partial charge >= 0.3 is 0 Å². The fraction of sp³-hybridized carbons (Fsp3) is 0.333. The molecular weight excluding hydrogens is 426 g/mol. The zero-order valence-corrected chi connectivity index (χ0v) is 21.4. The molecule has 1 aromatic heterocycles. The van der Waals surface area contributed by atoms with Crippen LogP contribution in [0.25, 0.3) is 11.1 Å². The van der Waals surface area contributed by atoms with Crippen LogP contribution in [-0.4, -0.2) is 4.57 Å². The van der Waals surface area contributed by atoms with Crippen molar-refractivity contribution in [3.8, 4) is 16.9 Å². The first-order valence-corrected chi connectivity index (χ1v) is 13.2. The molecule has 0 fully saturated rings. The van der Waals surface area contributed by atoms with E-state index in [4.69, 9.17) is 4.74 Å². The van der Waals surface area contributed by atoms with Crippen molar-refractivity contribution in [3.63, 3.8) is 0 Å². The maximum atomic E-state index is 5.94. The van der Waals surface area contributed by atoms with E-state index in [1.54, 1.807) is 0 Å². The Morgan fingerprint density at radius 2 is 1.34 bits per heavy atom. The monoisotopic (exact) mass is 465 g/mol. The van der Waals surface area contributed by atoms with Gasteiger partial charge in [0.05, 0.1) is 0 Å².